The fourth-order valence-electron chi connectivity index (χ4n) is 3.61. The molecule has 0 aliphatic heterocycles. The first-order valence-electron chi connectivity index (χ1n) is 9.37. The molecular formula is C25H30O. The minimum Gasteiger partial charge on any atom is -0.298 e. The van der Waals surface area contributed by atoms with E-state index in [-0.39, 0.29) is 5.78 Å². The Labute approximate surface area is 158 Å². The Hall–Kier alpha value is -2.41. The number of carbonyl (C=O) groups is 1. The van der Waals surface area contributed by atoms with Crippen molar-refractivity contribution in [3.05, 3.63) is 96.1 Å². The van der Waals surface area contributed by atoms with Crippen LogP contribution in [0.3, 0.4) is 0 Å². The second-order valence-electron chi connectivity index (χ2n) is 7.27. The average Bonchev–Trinajstić information content (AvgIpc) is 2.71. The van der Waals surface area contributed by atoms with Gasteiger partial charge in [0.25, 0.3) is 0 Å². The van der Waals surface area contributed by atoms with Gasteiger partial charge in [-0.2, -0.15) is 0 Å². The molecule has 0 N–H and O–H groups in total. The van der Waals surface area contributed by atoms with E-state index < -0.39 is 10.8 Å². The van der Waals surface area contributed by atoms with Crippen LogP contribution in [-0.4, -0.2) is 5.78 Å². The molecule has 0 saturated carbocycles. The lowest BCUT2D eigenvalue weighted by atomic mass is 9.63. The Balaban J connectivity index is 2.59. The van der Waals surface area contributed by atoms with Gasteiger partial charge in [0.2, 0.25) is 0 Å². The number of ketones is 1. The second kappa shape index (κ2) is 8.80. The molecule has 0 fully saturated rings. The zero-order valence-electron chi connectivity index (χ0n) is 16.4. The van der Waals surface area contributed by atoms with Crippen LogP contribution in [0.1, 0.15) is 51.7 Å². The van der Waals surface area contributed by atoms with Crippen molar-refractivity contribution in [2.24, 2.45) is 0 Å². The highest BCUT2D eigenvalue weighted by molar-refractivity contribution is 5.98. The highest BCUT2D eigenvalue weighted by Crippen LogP contribution is 2.40. The lowest BCUT2D eigenvalue weighted by Crippen LogP contribution is -2.45. The summed E-state index contributed by atoms with van der Waals surface area (Å²) in [7, 11) is 0. The summed E-state index contributed by atoms with van der Waals surface area (Å²) in [4.78, 5) is 14.0. The summed E-state index contributed by atoms with van der Waals surface area (Å²) < 4.78 is 0. The molecule has 2 atom stereocenters. The van der Waals surface area contributed by atoms with Crippen molar-refractivity contribution in [3.8, 4) is 0 Å². The van der Waals surface area contributed by atoms with Crippen LogP contribution in [0.25, 0.3) is 0 Å². The second-order valence-corrected chi connectivity index (χ2v) is 7.27. The Morgan fingerprint density at radius 1 is 0.731 bits per heavy atom. The SMILES string of the molecule is C/C=C/CC(C)(C(=O)C(C)(C/C=C/C)c1ccccc1)c1ccccc1. The molecule has 0 spiro atoms. The smallest absolute Gasteiger partial charge is 0.153 e. The molecule has 0 aromatic heterocycles. The van der Waals surface area contributed by atoms with Crippen LogP contribution in [-0.2, 0) is 15.6 Å². The maximum absolute atomic E-state index is 14.0. The molecule has 1 heteroatoms. The third kappa shape index (κ3) is 4.04. The van der Waals surface area contributed by atoms with Crippen molar-refractivity contribution >= 4 is 5.78 Å². The summed E-state index contributed by atoms with van der Waals surface area (Å²) in [5.41, 5.74) is 1.01. The molecule has 0 amide bonds. The van der Waals surface area contributed by atoms with Gasteiger partial charge in [-0.25, -0.2) is 0 Å². The normalized spacial score (nSPS) is 16.5. The van der Waals surface area contributed by atoms with Crippen LogP contribution in [0.15, 0.2) is 85.0 Å². The fraction of sp³-hybridized carbons (Fsp3) is 0.320. The highest BCUT2D eigenvalue weighted by atomic mass is 16.1. The topological polar surface area (TPSA) is 17.1 Å². The van der Waals surface area contributed by atoms with E-state index in [9.17, 15) is 4.79 Å². The van der Waals surface area contributed by atoms with E-state index in [0.29, 0.717) is 12.8 Å². The van der Waals surface area contributed by atoms with Crippen molar-refractivity contribution in [1.29, 1.82) is 0 Å². The monoisotopic (exact) mass is 346 g/mol. The molecule has 0 heterocycles. The standard InChI is InChI=1S/C25H30O/c1-5-7-19-24(3,21-15-11-9-12-16-21)23(26)25(4,20-8-6-2)22-17-13-10-14-18-22/h5-18H,19-20H2,1-4H3/b7-5+,8-6+. The van der Waals surface area contributed by atoms with Crippen molar-refractivity contribution in [3.63, 3.8) is 0 Å². The maximum atomic E-state index is 14.0. The van der Waals surface area contributed by atoms with Crippen LogP contribution in [0.4, 0.5) is 0 Å². The zero-order valence-corrected chi connectivity index (χ0v) is 16.4. The van der Waals surface area contributed by atoms with Crippen LogP contribution < -0.4 is 0 Å². The summed E-state index contributed by atoms with van der Waals surface area (Å²) in [6.07, 6.45) is 9.66. The van der Waals surface area contributed by atoms with E-state index >= 15 is 0 Å². The number of carbonyl (C=O) groups excluding carboxylic acids is 1. The fourth-order valence-corrected chi connectivity index (χ4v) is 3.61. The molecule has 2 aromatic rings. The van der Waals surface area contributed by atoms with Crippen LogP contribution in [0, 0.1) is 0 Å². The summed E-state index contributed by atoms with van der Waals surface area (Å²) in [5.74, 6) is 0.263. The summed E-state index contributed by atoms with van der Waals surface area (Å²) in [5, 5.41) is 0. The molecule has 2 rings (SSSR count). The predicted octanol–water partition coefficient (Wildman–Crippen LogP) is 6.40. The van der Waals surface area contributed by atoms with Gasteiger partial charge in [0.05, 0.1) is 10.8 Å². The average molecular weight is 347 g/mol. The Morgan fingerprint density at radius 3 is 1.38 bits per heavy atom. The molecule has 0 aliphatic rings. The van der Waals surface area contributed by atoms with Crippen molar-refractivity contribution in [2.75, 3.05) is 0 Å². The molecule has 136 valence electrons. The first kappa shape index (κ1) is 19.9. The van der Waals surface area contributed by atoms with Gasteiger partial charge in [0, 0.05) is 0 Å². The van der Waals surface area contributed by atoms with Gasteiger partial charge >= 0.3 is 0 Å². The lowest BCUT2D eigenvalue weighted by Gasteiger charge is -2.38. The lowest BCUT2D eigenvalue weighted by molar-refractivity contribution is -0.129. The summed E-state index contributed by atoms with van der Waals surface area (Å²) >= 11 is 0. The first-order chi connectivity index (χ1) is 12.5. The van der Waals surface area contributed by atoms with Crippen molar-refractivity contribution in [2.45, 2.75) is 51.4 Å². The van der Waals surface area contributed by atoms with Gasteiger partial charge in [0.1, 0.15) is 0 Å². The third-order valence-corrected chi connectivity index (χ3v) is 5.35. The quantitative estimate of drug-likeness (QED) is 0.505. The molecule has 2 unspecified atom stereocenters. The molecular weight excluding hydrogens is 316 g/mol. The Bertz CT molecular complexity index is 692. The van der Waals surface area contributed by atoms with E-state index in [0.717, 1.165) is 11.1 Å². The third-order valence-electron chi connectivity index (χ3n) is 5.35. The Morgan fingerprint density at radius 2 is 1.08 bits per heavy atom. The summed E-state index contributed by atoms with van der Waals surface area (Å²) in [6.45, 7) is 8.18. The van der Waals surface area contributed by atoms with Gasteiger partial charge in [-0.1, -0.05) is 85.0 Å². The maximum Gasteiger partial charge on any atom is 0.153 e. The number of hydrogen-bond donors (Lipinski definition) is 0. The molecule has 0 saturated heterocycles. The largest absolute Gasteiger partial charge is 0.298 e. The van der Waals surface area contributed by atoms with Gasteiger partial charge in [-0.05, 0) is 51.7 Å². The minimum atomic E-state index is -0.570. The van der Waals surface area contributed by atoms with E-state index in [1.54, 1.807) is 0 Å². The predicted molar refractivity (Wildman–Crippen MR) is 111 cm³/mol. The number of rotatable bonds is 8. The van der Waals surface area contributed by atoms with Crippen molar-refractivity contribution in [1.82, 2.24) is 0 Å². The molecule has 1 nitrogen and oxygen atoms in total. The van der Waals surface area contributed by atoms with Gasteiger partial charge in [-0.15, -0.1) is 0 Å². The Kier molecular flexibility index (Phi) is 6.74. The van der Waals surface area contributed by atoms with Crippen molar-refractivity contribution < 1.29 is 4.79 Å². The number of hydrogen-bond acceptors (Lipinski definition) is 1. The number of benzene rings is 2. The minimum absolute atomic E-state index is 0.263. The molecule has 0 bridgehead atoms. The van der Waals surface area contributed by atoms with E-state index in [2.05, 4.69) is 50.3 Å². The van der Waals surface area contributed by atoms with Gasteiger partial charge < -0.3 is 0 Å². The zero-order chi connectivity index (χ0) is 19.0. The first-order valence-corrected chi connectivity index (χ1v) is 9.37. The highest BCUT2D eigenvalue weighted by Gasteiger charge is 2.45. The van der Waals surface area contributed by atoms with Gasteiger partial charge in [-0.3, -0.25) is 4.79 Å². The molecule has 0 aliphatic carbocycles. The van der Waals surface area contributed by atoms with E-state index in [1.165, 1.54) is 0 Å². The van der Waals surface area contributed by atoms with Crippen LogP contribution in [0.2, 0.25) is 0 Å². The van der Waals surface area contributed by atoms with Crippen LogP contribution in [0.5, 0.6) is 0 Å². The molecule has 0 radical (unpaired) electrons. The summed E-state index contributed by atoms with van der Waals surface area (Å²) in [6, 6.07) is 20.4. The molecule has 26 heavy (non-hydrogen) atoms. The number of allylic oxidation sites excluding steroid dienone is 4. The van der Waals surface area contributed by atoms with Crippen LogP contribution >= 0.6 is 0 Å². The number of Topliss-reactive ketones (excluding diaryl/α,β-unsaturated/α-hetero) is 1. The molecule has 2 aromatic carbocycles. The van der Waals surface area contributed by atoms with E-state index in [1.807, 2.05) is 62.4 Å². The van der Waals surface area contributed by atoms with E-state index in [4.69, 9.17) is 0 Å². The van der Waals surface area contributed by atoms with Gasteiger partial charge in [0.15, 0.2) is 5.78 Å².